The van der Waals surface area contributed by atoms with Gasteiger partial charge in [0.25, 0.3) is 10.0 Å². The van der Waals surface area contributed by atoms with E-state index >= 15 is 0 Å². The second-order valence-electron chi connectivity index (χ2n) is 11.7. The van der Waals surface area contributed by atoms with Crippen molar-refractivity contribution in [1.29, 1.82) is 0 Å². The van der Waals surface area contributed by atoms with Crippen LogP contribution in [0.1, 0.15) is 67.7 Å². The first kappa shape index (κ1) is 33.8. The summed E-state index contributed by atoms with van der Waals surface area (Å²) in [7, 11) is -4.15. The number of sulfonamides is 1. The highest BCUT2D eigenvalue weighted by Gasteiger charge is 2.35. The lowest BCUT2D eigenvalue weighted by Crippen LogP contribution is -2.54. The molecule has 1 saturated carbocycles. The molecule has 3 aromatic rings. The molecule has 0 spiro atoms. The highest BCUT2D eigenvalue weighted by atomic mass is 35.5. The van der Waals surface area contributed by atoms with Gasteiger partial charge >= 0.3 is 0 Å². The van der Waals surface area contributed by atoms with E-state index in [4.69, 9.17) is 23.2 Å². The second-order valence-corrected chi connectivity index (χ2v) is 14.3. The van der Waals surface area contributed by atoms with Gasteiger partial charge in [-0.05, 0) is 81.5 Å². The molecule has 0 aromatic heterocycles. The zero-order valence-corrected chi connectivity index (χ0v) is 28.1. The summed E-state index contributed by atoms with van der Waals surface area (Å²) in [4.78, 5) is 29.6. The Labute approximate surface area is 271 Å². The van der Waals surface area contributed by atoms with E-state index in [0.717, 1.165) is 47.5 Å². The van der Waals surface area contributed by atoms with Gasteiger partial charge in [0, 0.05) is 12.6 Å². The van der Waals surface area contributed by atoms with Gasteiger partial charge in [0.15, 0.2) is 0 Å². The van der Waals surface area contributed by atoms with E-state index < -0.39 is 28.5 Å². The quantitative estimate of drug-likeness (QED) is 0.233. The van der Waals surface area contributed by atoms with Gasteiger partial charge in [-0.15, -0.1) is 0 Å². The Balaban J connectivity index is 1.74. The number of carbonyl (C=O) groups excluding carboxylic acids is 2. The van der Waals surface area contributed by atoms with Crippen LogP contribution < -0.4 is 9.62 Å². The highest BCUT2D eigenvalue weighted by Crippen LogP contribution is 2.29. The minimum atomic E-state index is -4.15. The van der Waals surface area contributed by atoms with Crippen molar-refractivity contribution in [2.75, 3.05) is 10.8 Å². The van der Waals surface area contributed by atoms with E-state index in [9.17, 15) is 18.0 Å². The van der Waals surface area contributed by atoms with Gasteiger partial charge in [0.2, 0.25) is 11.8 Å². The summed E-state index contributed by atoms with van der Waals surface area (Å²) in [5.74, 6) is -0.746. The summed E-state index contributed by atoms with van der Waals surface area (Å²) < 4.78 is 29.5. The number of carbonyl (C=O) groups is 2. The van der Waals surface area contributed by atoms with Crippen LogP contribution in [0.2, 0.25) is 10.0 Å². The summed E-state index contributed by atoms with van der Waals surface area (Å²) in [6, 6.07) is 16.3. The lowest BCUT2D eigenvalue weighted by atomic mass is 9.95. The van der Waals surface area contributed by atoms with E-state index in [1.807, 2.05) is 39.8 Å². The molecule has 236 valence electrons. The molecule has 10 heteroatoms. The fourth-order valence-corrected chi connectivity index (χ4v) is 7.53. The number of anilines is 1. The molecule has 1 aliphatic rings. The topological polar surface area (TPSA) is 86.8 Å². The first-order valence-electron chi connectivity index (χ1n) is 15.1. The predicted octanol–water partition coefficient (Wildman–Crippen LogP) is 7.37. The molecule has 1 aliphatic carbocycles. The van der Waals surface area contributed by atoms with Crippen LogP contribution in [0.25, 0.3) is 0 Å². The fraction of sp³-hybridized carbons (Fsp3) is 0.412. The van der Waals surface area contributed by atoms with Crippen LogP contribution in [0.4, 0.5) is 5.69 Å². The van der Waals surface area contributed by atoms with Crippen molar-refractivity contribution in [3.8, 4) is 0 Å². The standard InChI is InChI=1S/C34H41Cl2N3O4S/c1-5-31(34(41)37-27-9-7-6-8-10-27)38(21-26-14-17-29(35)30(36)20-26)33(40)22-39(32-18-13-24(3)19-25(32)4)44(42,43)28-15-11-23(2)12-16-28/h11-20,27,31H,5-10,21-22H2,1-4H3,(H,37,41)/t31-/m1/s1. The second kappa shape index (κ2) is 14.8. The zero-order chi connectivity index (χ0) is 32.0. The number of nitrogens with one attached hydrogen (secondary N) is 1. The van der Waals surface area contributed by atoms with Crippen LogP contribution >= 0.6 is 23.2 Å². The SMILES string of the molecule is CC[C@H](C(=O)NC1CCCCC1)N(Cc1ccc(Cl)c(Cl)c1)C(=O)CN(c1ccc(C)cc1C)S(=O)(=O)c1ccc(C)cc1. The largest absolute Gasteiger partial charge is 0.352 e. The Hall–Kier alpha value is -3.07. The smallest absolute Gasteiger partial charge is 0.264 e. The third kappa shape index (κ3) is 8.14. The van der Waals surface area contributed by atoms with Crippen molar-refractivity contribution >= 4 is 50.7 Å². The molecule has 0 saturated heterocycles. The van der Waals surface area contributed by atoms with Crippen LogP contribution in [0.15, 0.2) is 65.6 Å². The van der Waals surface area contributed by atoms with Crippen LogP contribution in [0.3, 0.4) is 0 Å². The average Bonchev–Trinajstić information content (AvgIpc) is 2.98. The molecule has 0 bridgehead atoms. The van der Waals surface area contributed by atoms with Crippen molar-refractivity contribution in [3.63, 3.8) is 0 Å². The number of amides is 2. The van der Waals surface area contributed by atoms with Gasteiger partial charge in [0.05, 0.1) is 20.6 Å². The maximum atomic E-state index is 14.4. The molecule has 44 heavy (non-hydrogen) atoms. The Kier molecular flexibility index (Phi) is 11.4. The van der Waals surface area contributed by atoms with Crippen molar-refractivity contribution in [1.82, 2.24) is 10.2 Å². The third-order valence-corrected chi connectivity index (χ3v) is 10.7. The lowest BCUT2D eigenvalue weighted by molar-refractivity contribution is -0.140. The van der Waals surface area contributed by atoms with E-state index in [-0.39, 0.29) is 23.4 Å². The van der Waals surface area contributed by atoms with Gasteiger partial charge in [-0.3, -0.25) is 13.9 Å². The molecule has 2 amide bonds. The van der Waals surface area contributed by atoms with Crippen LogP contribution in [-0.4, -0.2) is 43.8 Å². The minimum Gasteiger partial charge on any atom is -0.352 e. The highest BCUT2D eigenvalue weighted by molar-refractivity contribution is 7.92. The molecule has 0 unspecified atom stereocenters. The van der Waals surface area contributed by atoms with Crippen molar-refractivity contribution in [2.24, 2.45) is 0 Å². The van der Waals surface area contributed by atoms with E-state index in [1.54, 1.807) is 48.5 Å². The fourth-order valence-electron chi connectivity index (χ4n) is 5.73. The molecule has 1 fully saturated rings. The number of nitrogens with zero attached hydrogens (tertiary/aromatic N) is 2. The molecular formula is C34H41Cl2N3O4S. The number of benzene rings is 3. The Morgan fingerprint density at radius 3 is 2.16 bits per heavy atom. The zero-order valence-electron chi connectivity index (χ0n) is 25.8. The molecule has 0 heterocycles. The van der Waals surface area contributed by atoms with Crippen LogP contribution in [-0.2, 0) is 26.2 Å². The third-order valence-electron chi connectivity index (χ3n) is 8.18. The minimum absolute atomic E-state index is 0.0532. The maximum Gasteiger partial charge on any atom is 0.264 e. The molecular weight excluding hydrogens is 617 g/mol. The number of halogens is 2. The molecule has 4 rings (SSSR count). The number of rotatable bonds is 11. The van der Waals surface area contributed by atoms with Crippen molar-refractivity contribution in [3.05, 3.63) is 93.0 Å². The Morgan fingerprint density at radius 1 is 0.886 bits per heavy atom. The average molecular weight is 659 g/mol. The number of hydrogen-bond donors (Lipinski definition) is 1. The molecule has 7 nitrogen and oxygen atoms in total. The van der Waals surface area contributed by atoms with Crippen LogP contribution in [0, 0.1) is 20.8 Å². The van der Waals surface area contributed by atoms with E-state index in [2.05, 4.69) is 5.32 Å². The van der Waals surface area contributed by atoms with Gasteiger partial charge in [0.1, 0.15) is 12.6 Å². The first-order chi connectivity index (χ1) is 20.9. The summed E-state index contributed by atoms with van der Waals surface area (Å²) in [5.41, 5.74) is 3.68. The van der Waals surface area contributed by atoms with Gasteiger partial charge in [-0.1, -0.05) is 90.8 Å². The van der Waals surface area contributed by atoms with Crippen molar-refractivity contribution < 1.29 is 18.0 Å². The number of hydrogen-bond acceptors (Lipinski definition) is 4. The monoisotopic (exact) mass is 657 g/mol. The maximum absolute atomic E-state index is 14.4. The molecule has 0 radical (unpaired) electrons. The Bertz CT molecular complexity index is 1590. The van der Waals surface area contributed by atoms with Gasteiger partial charge in [-0.2, -0.15) is 0 Å². The van der Waals surface area contributed by atoms with E-state index in [1.165, 1.54) is 4.90 Å². The van der Waals surface area contributed by atoms with E-state index in [0.29, 0.717) is 33.3 Å². The van der Waals surface area contributed by atoms with Gasteiger partial charge < -0.3 is 10.2 Å². The van der Waals surface area contributed by atoms with Gasteiger partial charge in [-0.25, -0.2) is 8.42 Å². The predicted molar refractivity (Wildman–Crippen MR) is 178 cm³/mol. The van der Waals surface area contributed by atoms with Crippen molar-refractivity contribution in [2.45, 2.75) is 89.7 Å². The summed E-state index contributed by atoms with van der Waals surface area (Å²) in [6.45, 7) is 7.05. The molecule has 3 aromatic carbocycles. The van der Waals surface area contributed by atoms with Crippen LogP contribution in [0.5, 0.6) is 0 Å². The summed E-state index contributed by atoms with van der Waals surface area (Å²) in [5, 5.41) is 3.87. The Morgan fingerprint density at radius 2 is 1.55 bits per heavy atom. The summed E-state index contributed by atoms with van der Waals surface area (Å²) >= 11 is 12.5. The molecule has 0 aliphatic heterocycles. The summed E-state index contributed by atoms with van der Waals surface area (Å²) in [6.07, 6.45) is 5.40. The first-order valence-corrected chi connectivity index (χ1v) is 17.3. The lowest BCUT2D eigenvalue weighted by Gasteiger charge is -2.35. The molecule has 1 atom stereocenters. The molecule has 1 N–H and O–H groups in total. The number of aryl methyl sites for hydroxylation is 3. The normalized spacial score (nSPS) is 14.6.